The molecule has 0 saturated heterocycles. The van der Waals surface area contributed by atoms with Gasteiger partial charge in [0, 0.05) is 26.4 Å². The van der Waals surface area contributed by atoms with Crippen molar-refractivity contribution in [1.82, 2.24) is 9.97 Å². The van der Waals surface area contributed by atoms with Crippen LogP contribution in [0, 0.1) is 5.92 Å². The summed E-state index contributed by atoms with van der Waals surface area (Å²) in [7, 11) is 1.51. The van der Waals surface area contributed by atoms with Crippen LogP contribution in [-0.2, 0) is 16.0 Å². The number of aliphatic hydroxyl groups is 2. The van der Waals surface area contributed by atoms with Crippen LogP contribution in [0.1, 0.15) is 77.5 Å². The van der Waals surface area contributed by atoms with E-state index in [0.717, 1.165) is 12.8 Å². The molecule has 4 atom stereocenters. The summed E-state index contributed by atoms with van der Waals surface area (Å²) in [5, 5.41) is 20.2. The summed E-state index contributed by atoms with van der Waals surface area (Å²) in [6.07, 6.45) is 14.2. The van der Waals surface area contributed by atoms with Crippen LogP contribution in [0.4, 0.5) is 0 Å². The Morgan fingerprint density at radius 1 is 1.11 bits per heavy atom. The summed E-state index contributed by atoms with van der Waals surface area (Å²) in [5.74, 6) is 1.22. The van der Waals surface area contributed by atoms with E-state index >= 15 is 0 Å². The van der Waals surface area contributed by atoms with E-state index in [9.17, 15) is 15.0 Å². The molecule has 2 aromatic heterocycles. The normalized spacial score (nSPS) is 16.0. The third kappa shape index (κ3) is 10.4. The number of methoxy groups -OCH3 is 1. The highest BCUT2D eigenvalue weighted by Crippen LogP contribution is 2.27. The lowest BCUT2D eigenvalue weighted by atomic mass is 10.0. The van der Waals surface area contributed by atoms with Crippen molar-refractivity contribution in [2.24, 2.45) is 5.92 Å². The molecular formula is C28H40N2O6. The molecule has 2 rings (SSSR count). The van der Waals surface area contributed by atoms with Crippen molar-refractivity contribution in [2.75, 3.05) is 7.11 Å². The Bertz CT molecular complexity index is 1020. The minimum atomic E-state index is -0.890. The van der Waals surface area contributed by atoms with Gasteiger partial charge in [-0.2, -0.15) is 0 Å². The van der Waals surface area contributed by atoms with Crippen molar-refractivity contribution in [2.45, 2.75) is 84.5 Å². The zero-order valence-electron chi connectivity index (χ0n) is 22.0. The number of aromatic nitrogens is 2. The number of aliphatic hydroxyl groups excluding tert-OH is 2. The van der Waals surface area contributed by atoms with Crippen LogP contribution >= 0.6 is 0 Å². The number of carbonyl (C=O) groups excluding carboxylic acids is 1. The summed E-state index contributed by atoms with van der Waals surface area (Å²) in [6, 6.07) is 0. The molecule has 0 radical (unpaired) electrons. The highest BCUT2D eigenvalue weighted by Gasteiger charge is 2.23. The van der Waals surface area contributed by atoms with Crippen LogP contribution in [-0.4, -0.2) is 45.3 Å². The van der Waals surface area contributed by atoms with Gasteiger partial charge in [-0.15, -0.1) is 0 Å². The lowest BCUT2D eigenvalue weighted by Crippen LogP contribution is -2.22. The van der Waals surface area contributed by atoms with Gasteiger partial charge in [0.15, 0.2) is 11.6 Å². The number of oxazole rings is 2. The van der Waals surface area contributed by atoms with Gasteiger partial charge < -0.3 is 23.8 Å². The van der Waals surface area contributed by atoms with E-state index < -0.39 is 18.3 Å². The van der Waals surface area contributed by atoms with E-state index in [1.54, 1.807) is 0 Å². The van der Waals surface area contributed by atoms with Gasteiger partial charge in [0.25, 0.3) is 0 Å². The maximum Gasteiger partial charge on any atom is 0.248 e. The summed E-state index contributed by atoms with van der Waals surface area (Å²) >= 11 is 0. The van der Waals surface area contributed by atoms with Crippen LogP contribution in [0.25, 0.3) is 11.6 Å². The molecule has 0 amide bonds. The van der Waals surface area contributed by atoms with Crippen LogP contribution in [0.15, 0.2) is 57.3 Å². The molecule has 0 spiro atoms. The predicted molar refractivity (Wildman–Crippen MR) is 138 cm³/mol. The summed E-state index contributed by atoms with van der Waals surface area (Å²) in [4.78, 5) is 20.0. The number of Topliss-reactive ketones (excluding diaryl/α,β-unsaturated/α-hetero) is 1. The smallest absolute Gasteiger partial charge is 0.248 e. The highest BCUT2D eigenvalue weighted by molar-refractivity contribution is 5.75. The summed E-state index contributed by atoms with van der Waals surface area (Å²) in [6.45, 7) is 7.75. The highest BCUT2D eigenvalue weighted by atomic mass is 16.5. The lowest BCUT2D eigenvalue weighted by molar-refractivity contribution is -0.119. The third-order valence-electron chi connectivity index (χ3n) is 5.64. The van der Waals surface area contributed by atoms with E-state index in [0.29, 0.717) is 35.5 Å². The maximum absolute atomic E-state index is 11.1. The quantitative estimate of drug-likeness (QED) is 0.289. The Balaban J connectivity index is 1.87. The number of ketones is 1. The van der Waals surface area contributed by atoms with Gasteiger partial charge >= 0.3 is 0 Å². The number of rotatable bonds is 16. The van der Waals surface area contributed by atoms with Crippen molar-refractivity contribution >= 4 is 5.78 Å². The fourth-order valence-electron chi connectivity index (χ4n) is 3.96. The molecule has 2 aromatic rings. The monoisotopic (exact) mass is 500 g/mol. The number of carbonyl (C=O) groups is 1. The van der Waals surface area contributed by atoms with E-state index in [1.807, 2.05) is 6.92 Å². The lowest BCUT2D eigenvalue weighted by Gasteiger charge is -2.19. The van der Waals surface area contributed by atoms with Gasteiger partial charge in [0.1, 0.15) is 30.1 Å². The van der Waals surface area contributed by atoms with Crippen molar-refractivity contribution in [3.63, 3.8) is 0 Å². The van der Waals surface area contributed by atoms with Crippen LogP contribution in [0.5, 0.6) is 0 Å². The molecular weight excluding hydrogens is 460 g/mol. The second-order valence-electron chi connectivity index (χ2n) is 9.23. The molecule has 0 aromatic carbocycles. The average Bonchev–Trinajstić information content (AvgIpc) is 3.46. The Morgan fingerprint density at radius 3 is 2.58 bits per heavy atom. The Morgan fingerprint density at radius 2 is 1.89 bits per heavy atom. The number of aryl methyl sites for hydroxylation is 1. The molecule has 2 heterocycles. The van der Waals surface area contributed by atoms with Crippen molar-refractivity contribution in [3.8, 4) is 11.6 Å². The molecule has 198 valence electrons. The third-order valence-corrected chi connectivity index (χ3v) is 5.64. The first-order valence-electron chi connectivity index (χ1n) is 12.4. The van der Waals surface area contributed by atoms with Crippen molar-refractivity contribution in [1.29, 1.82) is 0 Å². The zero-order valence-corrected chi connectivity index (χ0v) is 22.0. The van der Waals surface area contributed by atoms with Crippen LogP contribution in [0.3, 0.4) is 0 Å². The topological polar surface area (TPSA) is 119 Å². The second kappa shape index (κ2) is 15.3. The number of nitrogens with zero attached hydrogens (tertiary/aromatic N) is 2. The molecule has 0 fully saturated rings. The molecule has 0 aliphatic rings. The second-order valence-corrected chi connectivity index (χ2v) is 9.23. The first-order chi connectivity index (χ1) is 17.2. The van der Waals surface area contributed by atoms with Crippen LogP contribution in [0.2, 0.25) is 0 Å². The number of allylic oxidation sites excluding steroid dienone is 6. The van der Waals surface area contributed by atoms with E-state index in [1.165, 1.54) is 32.1 Å². The molecule has 8 heteroatoms. The molecule has 0 bridgehead atoms. The van der Waals surface area contributed by atoms with Gasteiger partial charge in [-0.05, 0) is 46.0 Å². The first-order valence-corrected chi connectivity index (χ1v) is 12.4. The van der Waals surface area contributed by atoms with Gasteiger partial charge in [-0.3, -0.25) is 4.79 Å². The largest absolute Gasteiger partial charge is 0.448 e. The summed E-state index contributed by atoms with van der Waals surface area (Å²) in [5.41, 5.74) is 2.33. The fraction of sp³-hybridized carbons (Fsp3) is 0.536. The molecule has 0 unspecified atom stereocenters. The summed E-state index contributed by atoms with van der Waals surface area (Å²) < 4.78 is 16.6. The van der Waals surface area contributed by atoms with E-state index in [-0.39, 0.29) is 25.0 Å². The number of hydrogen-bond donors (Lipinski definition) is 2. The van der Waals surface area contributed by atoms with Gasteiger partial charge in [0.2, 0.25) is 5.89 Å². The Hall–Kier alpha value is -2.81. The van der Waals surface area contributed by atoms with Gasteiger partial charge in [-0.25, -0.2) is 9.97 Å². The van der Waals surface area contributed by atoms with E-state index in [2.05, 4.69) is 54.2 Å². The maximum atomic E-state index is 11.1. The minimum Gasteiger partial charge on any atom is -0.448 e. The molecule has 0 saturated carbocycles. The van der Waals surface area contributed by atoms with Gasteiger partial charge in [0.05, 0.1) is 12.2 Å². The minimum absolute atomic E-state index is 0.0138. The predicted octanol–water partition coefficient (Wildman–Crippen LogP) is 5.54. The zero-order chi connectivity index (χ0) is 26.5. The Kier molecular flexibility index (Phi) is 12.5. The number of hydrogen-bond acceptors (Lipinski definition) is 8. The standard InChI is InChI=1S/C28H40N2O6/c1-6-10-19(2)13-20(3)11-8-7-9-12-27-29-25(18-35-27)28-30-24(17-36-28)26(34-5)16-23(33)15-22(32)14-21(4)31/h6-8,10,13,17-19,22-23,26,32-33H,9,11-12,14-16H2,1-5H3/b8-7+,10-6+,20-13-/t19-,22-,23+,26+/m0/s1. The first kappa shape index (κ1) is 29.4. The van der Waals surface area contributed by atoms with Crippen molar-refractivity contribution in [3.05, 3.63) is 60.1 Å². The molecule has 36 heavy (non-hydrogen) atoms. The molecule has 0 aliphatic carbocycles. The molecule has 2 N–H and O–H groups in total. The number of ether oxygens (including phenoxy) is 1. The van der Waals surface area contributed by atoms with Crippen LogP contribution < -0.4 is 0 Å². The molecule has 0 aliphatic heterocycles. The van der Waals surface area contributed by atoms with Crippen molar-refractivity contribution < 1.29 is 28.6 Å². The molecule has 8 nitrogen and oxygen atoms in total. The van der Waals surface area contributed by atoms with E-state index in [4.69, 9.17) is 13.6 Å². The van der Waals surface area contributed by atoms with Gasteiger partial charge in [-0.1, -0.05) is 42.9 Å². The SMILES string of the molecule is C/C=C/[C@H](C)/C=C(/C)C/C=C/CCc1nc(-c2nc([C@@H](C[C@H](O)C[C@@H](O)CC(C)=O)OC)co2)co1. The average molecular weight is 501 g/mol. The Labute approximate surface area is 213 Å². The fourth-order valence-corrected chi connectivity index (χ4v) is 3.96.